The van der Waals surface area contributed by atoms with Crippen molar-refractivity contribution in [2.45, 2.75) is 40.2 Å². The summed E-state index contributed by atoms with van der Waals surface area (Å²) in [6.07, 6.45) is 0.655. The molecule has 0 spiro atoms. The van der Waals surface area contributed by atoms with E-state index < -0.39 is 23.0 Å². The number of ether oxygens (including phenoxy) is 3. The van der Waals surface area contributed by atoms with E-state index in [2.05, 4.69) is 10.6 Å². The molecule has 0 bridgehead atoms. The Morgan fingerprint density at radius 3 is 2.50 bits per heavy atom. The number of hydrogen-bond acceptors (Lipinski definition) is 7. The van der Waals surface area contributed by atoms with Gasteiger partial charge in [-0.05, 0) is 30.9 Å². The van der Waals surface area contributed by atoms with E-state index in [1.807, 2.05) is 20.8 Å². The number of nitro groups is 1. The molecule has 1 atom stereocenters. The van der Waals surface area contributed by atoms with Crippen molar-refractivity contribution >= 4 is 17.7 Å². The van der Waals surface area contributed by atoms with Crippen LogP contribution < -0.4 is 20.1 Å². The highest BCUT2D eigenvalue weighted by molar-refractivity contribution is 5.95. The van der Waals surface area contributed by atoms with E-state index in [1.165, 1.54) is 13.2 Å². The van der Waals surface area contributed by atoms with Crippen molar-refractivity contribution in [1.29, 1.82) is 0 Å². The molecule has 10 heteroatoms. The maximum atomic E-state index is 12.5. The summed E-state index contributed by atoms with van der Waals surface area (Å²) in [6, 6.07) is 1.34. The number of benzene rings is 1. The van der Waals surface area contributed by atoms with Crippen LogP contribution in [0.4, 0.5) is 10.5 Å². The fourth-order valence-corrected chi connectivity index (χ4v) is 3.15. The van der Waals surface area contributed by atoms with Crippen molar-refractivity contribution < 1.29 is 28.7 Å². The van der Waals surface area contributed by atoms with Crippen molar-refractivity contribution in [3.05, 3.63) is 39.1 Å². The Balaban J connectivity index is 2.73. The lowest BCUT2D eigenvalue weighted by molar-refractivity contribution is -0.386. The zero-order chi connectivity index (χ0) is 22.4. The van der Waals surface area contributed by atoms with Gasteiger partial charge in [0.05, 0.1) is 36.9 Å². The molecule has 2 amide bonds. The van der Waals surface area contributed by atoms with E-state index >= 15 is 0 Å². The van der Waals surface area contributed by atoms with Gasteiger partial charge in [0.2, 0.25) is 5.75 Å². The van der Waals surface area contributed by atoms with Gasteiger partial charge in [0.25, 0.3) is 0 Å². The second-order valence-electron chi connectivity index (χ2n) is 6.91. The minimum atomic E-state index is -0.957. The number of nitrogens with zero attached hydrogens (tertiary/aromatic N) is 1. The van der Waals surface area contributed by atoms with Gasteiger partial charge >= 0.3 is 17.7 Å². The molecule has 1 unspecified atom stereocenters. The molecule has 1 aromatic rings. The van der Waals surface area contributed by atoms with Gasteiger partial charge in [-0.1, -0.05) is 20.8 Å². The molecule has 0 aromatic heterocycles. The normalized spacial score (nSPS) is 16.1. The van der Waals surface area contributed by atoms with Gasteiger partial charge in [-0.2, -0.15) is 0 Å². The Morgan fingerprint density at radius 2 is 1.97 bits per heavy atom. The van der Waals surface area contributed by atoms with Gasteiger partial charge in [0.15, 0.2) is 5.75 Å². The lowest BCUT2D eigenvalue weighted by atomic mass is 9.91. The maximum absolute atomic E-state index is 12.5. The van der Waals surface area contributed by atoms with Crippen LogP contribution in [0.3, 0.4) is 0 Å². The molecule has 2 N–H and O–H groups in total. The Hall–Kier alpha value is -3.30. The van der Waals surface area contributed by atoms with Gasteiger partial charge in [-0.3, -0.25) is 10.1 Å². The molecular formula is C20H27N3O7. The number of esters is 1. The molecule has 0 fully saturated rings. The fourth-order valence-electron chi connectivity index (χ4n) is 3.15. The van der Waals surface area contributed by atoms with Gasteiger partial charge < -0.3 is 24.8 Å². The van der Waals surface area contributed by atoms with Crippen LogP contribution in [0.25, 0.3) is 0 Å². The SMILES string of the molecule is CCCOc1c(OCC)cc(C2NC(=O)NC(C(C)C)=C2C(=O)OC)cc1[N+](=O)[O-]. The molecule has 1 heterocycles. The van der Waals surface area contributed by atoms with Crippen LogP contribution in [0.5, 0.6) is 11.5 Å². The van der Waals surface area contributed by atoms with E-state index in [9.17, 15) is 19.7 Å². The summed E-state index contributed by atoms with van der Waals surface area (Å²) in [4.78, 5) is 36.0. The predicted octanol–water partition coefficient (Wildman–Crippen LogP) is 3.22. The number of urea groups is 1. The number of methoxy groups -OCH3 is 1. The quantitative estimate of drug-likeness (QED) is 0.356. The van der Waals surface area contributed by atoms with Crippen molar-refractivity contribution in [2.75, 3.05) is 20.3 Å². The molecule has 30 heavy (non-hydrogen) atoms. The number of carbonyl (C=O) groups is 2. The van der Waals surface area contributed by atoms with Crippen LogP contribution in [0, 0.1) is 16.0 Å². The van der Waals surface area contributed by atoms with Crippen LogP contribution in [0.2, 0.25) is 0 Å². The highest BCUT2D eigenvalue weighted by Gasteiger charge is 2.36. The third kappa shape index (κ3) is 4.81. The topological polar surface area (TPSA) is 129 Å². The first-order valence-corrected chi connectivity index (χ1v) is 9.72. The average molecular weight is 421 g/mol. The van der Waals surface area contributed by atoms with E-state index in [-0.39, 0.29) is 41.9 Å². The molecule has 0 saturated heterocycles. The first-order valence-electron chi connectivity index (χ1n) is 9.72. The second kappa shape index (κ2) is 9.95. The number of rotatable bonds is 9. The molecular weight excluding hydrogens is 394 g/mol. The molecule has 164 valence electrons. The second-order valence-corrected chi connectivity index (χ2v) is 6.91. The standard InChI is InChI=1S/C20H27N3O7/c1-6-8-30-18-13(23(26)27)9-12(10-14(18)29-7-2)17-15(19(24)28-5)16(11(3)4)21-20(25)22-17/h9-11,17H,6-8H2,1-5H3,(H2,21,22,25). The predicted molar refractivity (Wildman–Crippen MR) is 108 cm³/mol. The lowest BCUT2D eigenvalue weighted by Gasteiger charge is -2.31. The summed E-state index contributed by atoms with van der Waals surface area (Å²) in [5, 5.41) is 17.0. The number of carbonyl (C=O) groups excluding carboxylic acids is 2. The molecule has 1 aromatic carbocycles. The summed E-state index contributed by atoms with van der Waals surface area (Å²) in [7, 11) is 1.23. The minimum Gasteiger partial charge on any atom is -0.490 e. The van der Waals surface area contributed by atoms with Gasteiger partial charge in [0, 0.05) is 11.8 Å². The summed E-state index contributed by atoms with van der Waals surface area (Å²) in [5.74, 6) is -0.664. The van der Waals surface area contributed by atoms with Crippen molar-refractivity contribution in [3.8, 4) is 11.5 Å². The first kappa shape index (κ1) is 23.0. The average Bonchev–Trinajstić information content (AvgIpc) is 2.71. The molecule has 10 nitrogen and oxygen atoms in total. The van der Waals surface area contributed by atoms with Gasteiger partial charge in [0.1, 0.15) is 0 Å². The molecule has 0 saturated carbocycles. The van der Waals surface area contributed by atoms with E-state index in [0.717, 1.165) is 0 Å². The van der Waals surface area contributed by atoms with Crippen LogP contribution >= 0.6 is 0 Å². The molecule has 2 rings (SSSR count). The smallest absolute Gasteiger partial charge is 0.337 e. The first-order chi connectivity index (χ1) is 14.2. The van der Waals surface area contributed by atoms with E-state index in [1.54, 1.807) is 13.0 Å². The fraction of sp³-hybridized carbons (Fsp3) is 0.500. The third-order valence-electron chi connectivity index (χ3n) is 4.42. The number of allylic oxidation sites excluding steroid dienone is 1. The number of nitrogens with one attached hydrogen (secondary N) is 2. The molecule has 1 aliphatic rings. The number of amides is 2. The molecule has 1 aliphatic heterocycles. The monoisotopic (exact) mass is 421 g/mol. The summed E-state index contributed by atoms with van der Waals surface area (Å²) in [6.45, 7) is 7.78. The van der Waals surface area contributed by atoms with Crippen molar-refractivity contribution in [1.82, 2.24) is 10.6 Å². The Labute approximate surface area is 174 Å². The number of hydrogen-bond donors (Lipinski definition) is 2. The zero-order valence-electron chi connectivity index (χ0n) is 17.7. The summed E-state index contributed by atoms with van der Waals surface area (Å²) >= 11 is 0. The summed E-state index contributed by atoms with van der Waals surface area (Å²) < 4.78 is 16.1. The molecule has 0 radical (unpaired) electrons. The van der Waals surface area contributed by atoms with Gasteiger partial charge in [-0.25, -0.2) is 9.59 Å². The largest absolute Gasteiger partial charge is 0.490 e. The highest BCUT2D eigenvalue weighted by Crippen LogP contribution is 2.42. The number of nitro benzene ring substituents is 1. The van der Waals surface area contributed by atoms with E-state index in [4.69, 9.17) is 14.2 Å². The van der Waals surface area contributed by atoms with E-state index in [0.29, 0.717) is 17.7 Å². The van der Waals surface area contributed by atoms with Crippen LogP contribution in [0.15, 0.2) is 23.4 Å². The van der Waals surface area contributed by atoms with Crippen LogP contribution in [0.1, 0.15) is 45.7 Å². The van der Waals surface area contributed by atoms with Crippen LogP contribution in [-0.2, 0) is 9.53 Å². The maximum Gasteiger partial charge on any atom is 0.337 e. The minimum absolute atomic E-state index is 0.0143. The highest BCUT2D eigenvalue weighted by atomic mass is 16.6. The molecule has 0 aliphatic carbocycles. The third-order valence-corrected chi connectivity index (χ3v) is 4.42. The zero-order valence-corrected chi connectivity index (χ0v) is 17.7. The van der Waals surface area contributed by atoms with Crippen molar-refractivity contribution in [3.63, 3.8) is 0 Å². The van der Waals surface area contributed by atoms with Gasteiger partial charge in [-0.15, -0.1) is 0 Å². The Bertz CT molecular complexity index is 864. The van der Waals surface area contributed by atoms with Crippen LogP contribution in [-0.4, -0.2) is 37.2 Å². The van der Waals surface area contributed by atoms with Crippen molar-refractivity contribution in [2.24, 2.45) is 5.92 Å². The Kier molecular flexibility index (Phi) is 7.62. The summed E-state index contributed by atoms with van der Waals surface area (Å²) in [5.41, 5.74) is 0.559. The lowest BCUT2D eigenvalue weighted by Crippen LogP contribution is -2.47. The Morgan fingerprint density at radius 1 is 1.27 bits per heavy atom.